The molecule has 3 heterocycles. The van der Waals surface area contributed by atoms with E-state index in [4.69, 9.17) is 5.73 Å². The van der Waals surface area contributed by atoms with E-state index in [0.29, 0.717) is 16.5 Å². The van der Waals surface area contributed by atoms with Gasteiger partial charge in [0.15, 0.2) is 5.13 Å². The molecule has 3 rings (SSSR count). The number of pyridine rings is 1. The lowest BCUT2D eigenvalue weighted by atomic mass is 10.3. The van der Waals surface area contributed by atoms with Crippen LogP contribution in [0, 0.1) is 10.1 Å². The van der Waals surface area contributed by atoms with Crippen LogP contribution < -0.4 is 11.1 Å². The van der Waals surface area contributed by atoms with Crippen molar-refractivity contribution in [2.75, 3.05) is 11.1 Å². The summed E-state index contributed by atoms with van der Waals surface area (Å²) < 4.78 is 0. The third-order valence-corrected chi connectivity index (χ3v) is 3.45. The molecular formula is C12H9N7O2S. The van der Waals surface area contributed by atoms with Crippen molar-refractivity contribution in [3.8, 4) is 11.4 Å². The summed E-state index contributed by atoms with van der Waals surface area (Å²) in [6, 6.07) is 5.48. The second-order valence-electron chi connectivity index (χ2n) is 4.09. The van der Waals surface area contributed by atoms with E-state index in [2.05, 4.69) is 25.3 Å². The normalized spacial score (nSPS) is 10.4. The molecule has 0 aliphatic carbocycles. The Hall–Kier alpha value is -3.14. The van der Waals surface area contributed by atoms with E-state index < -0.39 is 4.92 Å². The molecule has 3 aromatic rings. The van der Waals surface area contributed by atoms with E-state index in [0.717, 1.165) is 6.33 Å². The summed E-state index contributed by atoms with van der Waals surface area (Å²) in [6.07, 6.45) is 2.82. The highest BCUT2D eigenvalue weighted by atomic mass is 32.1. The predicted octanol–water partition coefficient (Wildman–Crippen LogP) is 2.23. The van der Waals surface area contributed by atoms with Crippen LogP contribution in [0.1, 0.15) is 0 Å². The molecule has 3 aromatic heterocycles. The van der Waals surface area contributed by atoms with Gasteiger partial charge >= 0.3 is 5.69 Å². The van der Waals surface area contributed by atoms with Crippen LogP contribution >= 0.6 is 11.3 Å². The first-order chi connectivity index (χ1) is 10.6. The van der Waals surface area contributed by atoms with Gasteiger partial charge in [0.05, 0.1) is 10.6 Å². The number of nitrogens with zero attached hydrogens (tertiary/aromatic N) is 5. The molecule has 0 aliphatic rings. The number of aromatic nitrogens is 4. The quantitative estimate of drug-likeness (QED) is 0.553. The molecule has 0 atom stereocenters. The van der Waals surface area contributed by atoms with Gasteiger partial charge in [-0.2, -0.15) is 0 Å². The van der Waals surface area contributed by atoms with Gasteiger partial charge < -0.3 is 11.1 Å². The van der Waals surface area contributed by atoms with Crippen LogP contribution in [-0.2, 0) is 0 Å². The molecule has 0 radical (unpaired) electrons. The summed E-state index contributed by atoms with van der Waals surface area (Å²) in [5.74, 6) is -0.205. The van der Waals surface area contributed by atoms with E-state index in [1.165, 1.54) is 11.3 Å². The van der Waals surface area contributed by atoms with E-state index in [-0.39, 0.29) is 17.3 Å². The summed E-state index contributed by atoms with van der Waals surface area (Å²) in [5.41, 5.74) is 6.51. The van der Waals surface area contributed by atoms with Gasteiger partial charge in [-0.05, 0) is 12.1 Å². The zero-order chi connectivity index (χ0) is 15.5. The Labute approximate surface area is 128 Å². The average Bonchev–Trinajstić information content (AvgIpc) is 2.96. The van der Waals surface area contributed by atoms with Crippen LogP contribution in [0.3, 0.4) is 0 Å². The van der Waals surface area contributed by atoms with Crippen molar-refractivity contribution in [1.29, 1.82) is 0 Å². The molecule has 22 heavy (non-hydrogen) atoms. The molecule has 0 unspecified atom stereocenters. The number of anilines is 3. The first-order valence-electron chi connectivity index (χ1n) is 6.04. The van der Waals surface area contributed by atoms with E-state index in [9.17, 15) is 10.1 Å². The van der Waals surface area contributed by atoms with Crippen molar-refractivity contribution >= 4 is 33.8 Å². The van der Waals surface area contributed by atoms with E-state index in [1.54, 1.807) is 11.6 Å². The van der Waals surface area contributed by atoms with Gasteiger partial charge in [-0.1, -0.05) is 6.07 Å². The maximum atomic E-state index is 11.0. The number of hydrogen-bond acceptors (Lipinski definition) is 9. The van der Waals surface area contributed by atoms with Crippen molar-refractivity contribution in [3.05, 3.63) is 46.2 Å². The number of nitrogens with two attached hydrogens (primary N) is 1. The van der Waals surface area contributed by atoms with Crippen molar-refractivity contribution in [1.82, 2.24) is 19.9 Å². The minimum atomic E-state index is -0.634. The summed E-state index contributed by atoms with van der Waals surface area (Å²) in [6.45, 7) is 0. The van der Waals surface area contributed by atoms with E-state index in [1.807, 2.05) is 18.2 Å². The highest BCUT2D eigenvalue weighted by Gasteiger charge is 2.21. The van der Waals surface area contributed by atoms with Crippen molar-refractivity contribution in [3.63, 3.8) is 0 Å². The van der Waals surface area contributed by atoms with Crippen molar-refractivity contribution < 1.29 is 4.92 Å². The Morgan fingerprint density at radius 1 is 1.23 bits per heavy atom. The van der Waals surface area contributed by atoms with Crippen LogP contribution in [0.4, 0.5) is 22.5 Å². The molecule has 9 nitrogen and oxygen atoms in total. The number of rotatable bonds is 4. The molecule has 3 N–H and O–H groups in total. The first-order valence-corrected chi connectivity index (χ1v) is 6.92. The minimum absolute atomic E-state index is 0.000536. The van der Waals surface area contributed by atoms with Crippen molar-refractivity contribution in [2.24, 2.45) is 0 Å². The monoisotopic (exact) mass is 315 g/mol. The Morgan fingerprint density at radius 2 is 2.09 bits per heavy atom. The smallest absolute Gasteiger partial charge is 0.353 e. The van der Waals surface area contributed by atoms with Gasteiger partial charge in [-0.15, -0.1) is 11.3 Å². The Morgan fingerprint density at radius 3 is 2.82 bits per heavy atom. The molecular weight excluding hydrogens is 306 g/mol. The van der Waals surface area contributed by atoms with E-state index >= 15 is 0 Å². The lowest BCUT2D eigenvalue weighted by Gasteiger charge is -2.03. The molecule has 0 aliphatic heterocycles. The maximum absolute atomic E-state index is 11.0. The molecule has 110 valence electrons. The fourth-order valence-electron chi connectivity index (χ4n) is 1.73. The van der Waals surface area contributed by atoms with Crippen LogP contribution in [0.15, 0.2) is 36.1 Å². The topological polar surface area (TPSA) is 133 Å². The number of nitrogen functional groups attached to an aromatic ring is 1. The molecule has 10 heteroatoms. The summed E-state index contributed by atoms with van der Waals surface area (Å²) in [5, 5.41) is 16.1. The number of thiazole rings is 1. The van der Waals surface area contributed by atoms with Crippen LogP contribution in [0.25, 0.3) is 11.4 Å². The molecule has 0 saturated carbocycles. The SMILES string of the molecule is Nc1ncnc(Nc2nc(-c3ccccn3)cs2)c1[N+](=O)[O-]. The predicted molar refractivity (Wildman–Crippen MR) is 81.7 cm³/mol. The molecule has 0 fully saturated rings. The summed E-state index contributed by atoms with van der Waals surface area (Å²) in [7, 11) is 0. The van der Waals surface area contributed by atoms with Gasteiger partial charge in [0.1, 0.15) is 12.0 Å². The van der Waals surface area contributed by atoms with Crippen LogP contribution in [0.5, 0.6) is 0 Å². The molecule has 0 spiro atoms. The Kier molecular flexibility index (Phi) is 3.58. The maximum Gasteiger partial charge on any atom is 0.353 e. The number of hydrogen-bond donors (Lipinski definition) is 2. The highest BCUT2D eigenvalue weighted by molar-refractivity contribution is 7.14. The lowest BCUT2D eigenvalue weighted by Crippen LogP contribution is -2.04. The second kappa shape index (κ2) is 5.69. The van der Waals surface area contributed by atoms with Gasteiger partial charge in [0, 0.05) is 11.6 Å². The summed E-state index contributed by atoms with van der Waals surface area (Å²) >= 11 is 1.28. The van der Waals surface area contributed by atoms with Crippen LogP contribution in [-0.4, -0.2) is 24.9 Å². The lowest BCUT2D eigenvalue weighted by molar-refractivity contribution is -0.383. The molecule has 0 aromatic carbocycles. The molecule has 0 amide bonds. The average molecular weight is 315 g/mol. The molecule has 0 bridgehead atoms. The fraction of sp³-hybridized carbons (Fsp3) is 0. The number of nitrogens with one attached hydrogen (secondary N) is 1. The third-order valence-electron chi connectivity index (χ3n) is 2.69. The zero-order valence-electron chi connectivity index (χ0n) is 11.0. The molecule has 0 saturated heterocycles. The highest BCUT2D eigenvalue weighted by Crippen LogP contribution is 2.31. The first kappa shape index (κ1) is 13.8. The number of nitro groups is 1. The van der Waals surface area contributed by atoms with Gasteiger partial charge in [0.25, 0.3) is 0 Å². The fourth-order valence-corrected chi connectivity index (χ4v) is 2.43. The van der Waals surface area contributed by atoms with Gasteiger partial charge in [0.2, 0.25) is 11.6 Å². The van der Waals surface area contributed by atoms with Crippen molar-refractivity contribution in [2.45, 2.75) is 0 Å². The third kappa shape index (κ3) is 2.67. The van der Waals surface area contributed by atoms with Gasteiger partial charge in [-0.25, -0.2) is 15.0 Å². The van der Waals surface area contributed by atoms with Crippen LogP contribution in [0.2, 0.25) is 0 Å². The zero-order valence-corrected chi connectivity index (χ0v) is 11.8. The van der Waals surface area contributed by atoms with Gasteiger partial charge in [-0.3, -0.25) is 15.1 Å². The summed E-state index contributed by atoms with van der Waals surface area (Å²) in [4.78, 5) is 26.4. The largest absolute Gasteiger partial charge is 0.378 e. The Balaban J connectivity index is 1.91. The second-order valence-corrected chi connectivity index (χ2v) is 4.95. The standard InChI is InChI=1S/C12H9N7O2S/c13-10-9(19(20)21)11(16-6-15-10)18-12-17-8(5-22-12)7-3-1-2-4-14-7/h1-6H,(H3,13,15,16,17,18). The minimum Gasteiger partial charge on any atom is -0.378 e. The Bertz CT molecular complexity index is 821.